The first-order chi connectivity index (χ1) is 11.8. The Kier molecular flexibility index (Phi) is 3.97. The molecule has 2 heterocycles. The number of benzene rings is 1. The first-order valence-electron chi connectivity index (χ1n) is 7.34. The predicted octanol–water partition coefficient (Wildman–Crippen LogP) is 2.78. The normalized spacial score (nSPS) is 16.5. The van der Waals surface area contributed by atoms with Gasteiger partial charge in [-0.25, -0.2) is 9.37 Å². The zero-order chi connectivity index (χ0) is 18.4. The van der Waals surface area contributed by atoms with Gasteiger partial charge in [0, 0.05) is 0 Å². The van der Waals surface area contributed by atoms with Crippen molar-refractivity contribution in [3.05, 3.63) is 58.7 Å². The zero-order valence-corrected chi connectivity index (χ0v) is 13.0. The number of carbonyl (C=O) groups excluding carboxylic acids is 1. The van der Waals surface area contributed by atoms with Crippen LogP contribution in [0.1, 0.15) is 35.5 Å². The lowest BCUT2D eigenvalue weighted by molar-refractivity contribution is -0.141. The average Bonchev–Trinajstić information content (AvgIpc) is 2.77. The summed E-state index contributed by atoms with van der Waals surface area (Å²) in [5, 5.41) is 18.5. The number of alkyl halides is 2. The Morgan fingerprint density at radius 1 is 1.36 bits per heavy atom. The van der Waals surface area contributed by atoms with Crippen LogP contribution in [0.15, 0.2) is 30.3 Å². The SMILES string of the molecule is C[C@H](O)c1cccc2c1C(F)(F)C(=O)N2Cc1ccc(F)c(C#N)n1. The number of amides is 1. The average molecular weight is 347 g/mol. The van der Waals surface area contributed by atoms with Crippen molar-refractivity contribution >= 4 is 11.6 Å². The molecule has 3 rings (SSSR count). The summed E-state index contributed by atoms with van der Waals surface area (Å²) in [6.07, 6.45) is -1.18. The van der Waals surface area contributed by atoms with Crippen LogP contribution in [0.2, 0.25) is 0 Å². The second-order valence-corrected chi connectivity index (χ2v) is 5.63. The number of fused-ring (bicyclic) bond motifs is 1. The van der Waals surface area contributed by atoms with E-state index in [1.165, 1.54) is 31.2 Å². The Bertz CT molecular complexity index is 906. The quantitative estimate of drug-likeness (QED) is 0.926. The lowest BCUT2D eigenvalue weighted by atomic mass is 9.98. The Hall–Kier alpha value is -2.92. The molecule has 1 atom stereocenters. The van der Waals surface area contributed by atoms with Gasteiger partial charge in [-0.15, -0.1) is 0 Å². The summed E-state index contributed by atoms with van der Waals surface area (Å²) in [7, 11) is 0. The van der Waals surface area contributed by atoms with Crippen LogP contribution in [0.3, 0.4) is 0 Å². The Morgan fingerprint density at radius 2 is 2.08 bits per heavy atom. The Morgan fingerprint density at radius 3 is 2.72 bits per heavy atom. The summed E-state index contributed by atoms with van der Waals surface area (Å²) in [5.41, 5.74) is -1.01. The van der Waals surface area contributed by atoms with Crippen LogP contribution >= 0.6 is 0 Å². The van der Waals surface area contributed by atoms with E-state index in [4.69, 9.17) is 5.26 Å². The van der Waals surface area contributed by atoms with Gasteiger partial charge in [-0.05, 0) is 30.7 Å². The van der Waals surface area contributed by atoms with Crippen LogP contribution in [0.4, 0.5) is 18.9 Å². The molecule has 1 amide bonds. The summed E-state index contributed by atoms with van der Waals surface area (Å²) in [5.74, 6) is -6.08. The van der Waals surface area contributed by atoms with Crippen LogP contribution in [-0.4, -0.2) is 16.0 Å². The van der Waals surface area contributed by atoms with Gasteiger partial charge in [0.05, 0.1) is 29.6 Å². The molecule has 2 aromatic rings. The largest absolute Gasteiger partial charge is 0.389 e. The third kappa shape index (κ3) is 2.62. The van der Waals surface area contributed by atoms with Gasteiger partial charge >= 0.3 is 11.8 Å². The molecule has 1 aromatic heterocycles. The molecular formula is C17H12F3N3O2. The minimum Gasteiger partial charge on any atom is -0.389 e. The maximum Gasteiger partial charge on any atom is 0.352 e. The van der Waals surface area contributed by atoms with Gasteiger partial charge in [-0.1, -0.05) is 12.1 Å². The van der Waals surface area contributed by atoms with Crippen LogP contribution in [0, 0.1) is 17.1 Å². The van der Waals surface area contributed by atoms with Gasteiger partial charge in [-0.2, -0.15) is 14.0 Å². The zero-order valence-electron chi connectivity index (χ0n) is 13.0. The first kappa shape index (κ1) is 16.9. The number of aliphatic hydroxyl groups is 1. The molecule has 0 fully saturated rings. The summed E-state index contributed by atoms with van der Waals surface area (Å²) in [6.45, 7) is 0.985. The van der Waals surface area contributed by atoms with Gasteiger partial charge in [0.1, 0.15) is 6.07 Å². The number of nitriles is 1. The molecule has 0 spiro atoms. The molecule has 1 aliphatic rings. The van der Waals surface area contributed by atoms with Crippen molar-refractivity contribution in [3.63, 3.8) is 0 Å². The number of pyridine rings is 1. The smallest absolute Gasteiger partial charge is 0.352 e. The minimum atomic E-state index is -3.79. The molecule has 128 valence electrons. The van der Waals surface area contributed by atoms with Gasteiger partial charge in [-0.3, -0.25) is 4.79 Å². The van der Waals surface area contributed by atoms with E-state index < -0.39 is 35.0 Å². The number of hydrogen-bond donors (Lipinski definition) is 1. The molecule has 0 saturated heterocycles. The highest BCUT2D eigenvalue weighted by Crippen LogP contribution is 2.47. The number of halogens is 3. The topological polar surface area (TPSA) is 77.2 Å². The lowest BCUT2D eigenvalue weighted by Gasteiger charge is -2.17. The van der Waals surface area contributed by atoms with E-state index in [1.807, 2.05) is 0 Å². The highest BCUT2D eigenvalue weighted by Gasteiger charge is 2.54. The summed E-state index contributed by atoms with van der Waals surface area (Å²) in [6, 6.07) is 7.91. The molecule has 5 nitrogen and oxygen atoms in total. The van der Waals surface area contributed by atoms with Gasteiger partial charge in [0.15, 0.2) is 11.5 Å². The number of nitrogens with zero attached hydrogens (tertiary/aromatic N) is 3. The van der Waals surface area contributed by atoms with Crippen molar-refractivity contribution < 1.29 is 23.1 Å². The fourth-order valence-corrected chi connectivity index (χ4v) is 2.83. The highest BCUT2D eigenvalue weighted by molar-refractivity contribution is 6.06. The third-order valence-corrected chi connectivity index (χ3v) is 3.97. The van der Waals surface area contributed by atoms with Crippen molar-refractivity contribution in [3.8, 4) is 6.07 Å². The first-order valence-corrected chi connectivity index (χ1v) is 7.34. The van der Waals surface area contributed by atoms with Gasteiger partial charge in [0.2, 0.25) is 0 Å². The van der Waals surface area contributed by atoms with Crippen molar-refractivity contribution in [2.75, 3.05) is 4.90 Å². The second kappa shape index (κ2) is 5.86. The Balaban J connectivity index is 2.07. The van der Waals surface area contributed by atoms with E-state index in [0.717, 1.165) is 11.0 Å². The molecule has 25 heavy (non-hydrogen) atoms. The number of aromatic nitrogens is 1. The summed E-state index contributed by atoms with van der Waals surface area (Å²) < 4.78 is 42.3. The molecule has 8 heteroatoms. The maximum absolute atomic E-state index is 14.5. The fraction of sp³-hybridized carbons (Fsp3) is 0.235. The lowest BCUT2D eigenvalue weighted by Crippen LogP contribution is -2.34. The third-order valence-electron chi connectivity index (χ3n) is 3.97. The molecule has 0 bridgehead atoms. The standard InChI is InChI=1S/C17H12F3N3O2/c1-9(24)11-3-2-4-14-15(11)17(19,20)16(25)23(14)8-10-5-6-12(18)13(7-21)22-10/h2-6,9,24H,8H2,1H3/t9-/m0/s1. The van der Waals surface area contributed by atoms with E-state index >= 15 is 0 Å². The molecule has 0 aliphatic carbocycles. The van der Waals surface area contributed by atoms with E-state index in [9.17, 15) is 23.1 Å². The monoisotopic (exact) mass is 347 g/mol. The number of anilines is 1. The van der Waals surface area contributed by atoms with Gasteiger partial charge < -0.3 is 10.0 Å². The fourth-order valence-electron chi connectivity index (χ4n) is 2.83. The molecule has 0 radical (unpaired) electrons. The summed E-state index contributed by atoms with van der Waals surface area (Å²) in [4.78, 5) is 16.8. The summed E-state index contributed by atoms with van der Waals surface area (Å²) >= 11 is 0. The molecule has 1 aliphatic heterocycles. The molecule has 0 saturated carbocycles. The molecule has 1 N–H and O–H groups in total. The van der Waals surface area contributed by atoms with Crippen molar-refractivity contribution in [1.29, 1.82) is 5.26 Å². The van der Waals surface area contributed by atoms with Crippen LogP contribution in [-0.2, 0) is 17.3 Å². The number of rotatable bonds is 3. The number of aliphatic hydroxyl groups excluding tert-OH is 1. The predicted molar refractivity (Wildman–Crippen MR) is 81.1 cm³/mol. The highest BCUT2D eigenvalue weighted by atomic mass is 19.3. The maximum atomic E-state index is 14.5. The minimum absolute atomic E-state index is 0.0388. The van der Waals surface area contributed by atoms with Crippen molar-refractivity contribution in [2.45, 2.75) is 25.5 Å². The molecular weight excluding hydrogens is 335 g/mol. The van der Waals surface area contributed by atoms with E-state index in [2.05, 4.69) is 4.98 Å². The van der Waals surface area contributed by atoms with Crippen LogP contribution < -0.4 is 4.90 Å². The number of hydrogen-bond acceptors (Lipinski definition) is 4. The van der Waals surface area contributed by atoms with Crippen molar-refractivity contribution in [1.82, 2.24) is 4.98 Å². The molecule has 0 unspecified atom stereocenters. The van der Waals surface area contributed by atoms with Crippen LogP contribution in [0.25, 0.3) is 0 Å². The van der Waals surface area contributed by atoms with Crippen LogP contribution in [0.5, 0.6) is 0 Å². The van der Waals surface area contributed by atoms with E-state index in [1.54, 1.807) is 6.07 Å². The number of carbonyl (C=O) groups is 1. The Labute approximate surface area is 140 Å². The van der Waals surface area contributed by atoms with Gasteiger partial charge in [0.25, 0.3) is 0 Å². The van der Waals surface area contributed by atoms with E-state index in [0.29, 0.717) is 0 Å². The second-order valence-electron chi connectivity index (χ2n) is 5.63. The van der Waals surface area contributed by atoms with E-state index in [-0.39, 0.29) is 23.5 Å². The molecule has 1 aromatic carbocycles. The van der Waals surface area contributed by atoms with Crippen molar-refractivity contribution in [2.24, 2.45) is 0 Å².